The molecule has 0 atom stereocenters. The van der Waals surface area contributed by atoms with E-state index in [1.54, 1.807) is 0 Å². The van der Waals surface area contributed by atoms with E-state index in [0.717, 1.165) is 35.0 Å². The third kappa shape index (κ3) is 10.9. The van der Waals surface area contributed by atoms with Crippen LogP contribution < -0.4 is 119 Å². The van der Waals surface area contributed by atoms with Crippen molar-refractivity contribution in [3.8, 4) is 11.4 Å². The van der Waals surface area contributed by atoms with Gasteiger partial charge >= 0.3 is 120 Å². The normalized spacial score (nSPS) is 11.9. The fourth-order valence-electron chi connectivity index (χ4n) is 2.78. The predicted octanol–water partition coefficient (Wildman–Crippen LogP) is -6.25. The summed E-state index contributed by atoms with van der Waals surface area (Å²) in [6, 6.07) is 6.98. The molecule has 0 bridgehead atoms. The molecule has 0 unspecified atom stereocenters. The van der Waals surface area contributed by atoms with Crippen LogP contribution in [0.4, 0.5) is 11.4 Å². The first-order chi connectivity index (χ1) is 16.6. The second-order valence-corrected chi connectivity index (χ2v) is 11.5. The van der Waals surface area contributed by atoms with Gasteiger partial charge in [-0.1, -0.05) is 18.7 Å². The Morgan fingerprint density at radius 2 is 1.49 bits per heavy atom. The number of sulfone groups is 1. The smallest absolute Gasteiger partial charge is 0.871 e. The molecule has 0 saturated heterocycles. The number of azo groups is 1. The number of rotatable bonds is 9. The van der Waals surface area contributed by atoms with Gasteiger partial charge in [-0.05, 0) is 36.4 Å². The van der Waals surface area contributed by atoms with E-state index in [9.17, 15) is 44.3 Å². The van der Waals surface area contributed by atoms with Gasteiger partial charge in [0.15, 0.2) is 9.84 Å². The Morgan fingerprint density at radius 1 is 0.923 bits per heavy atom. The molecule has 3 aromatic rings. The molecule has 0 aliphatic rings. The van der Waals surface area contributed by atoms with Crippen LogP contribution in [0.5, 0.6) is 5.75 Å². The molecule has 15 nitrogen and oxygen atoms in total. The minimum absolute atomic E-state index is 0. The van der Waals surface area contributed by atoms with Gasteiger partial charge in [-0.2, -0.15) is 5.11 Å². The summed E-state index contributed by atoms with van der Waals surface area (Å²) in [5.41, 5.74) is -1.41. The zero-order valence-corrected chi connectivity index (χ0v) is 29.9. The quantitative estimate of drug-likeness (QED) is 0.0877. The first-order valence-electron chi connectivity index (χ1n) is 9.47. The van der Waals surface area contributed by atoms with Gasteiger partial charge in [0.05, 0.1) is 27.8 Å². The molecule has 203 valence electrons. The van der Waals surface area contributed by atoms with E-state index >= 15 is 0 Å². The summed E-state index contributed by atoms with van der Waals surface area (Å²) in [6.07, 6.45) is 0. The van der Waals surface area contributed by atoms with Gasteiger partial charge in [-0.15, -0.1) is 10.8 Å². The standard InChI is InChI=1S/C18H18N4O11S3.Cu.2K/c1-11-17(18(24)22(21-11)12-2-4-13(5-3-12)35(27,28)29)20-19-15-10-14(6-7-16(15)23)34(25,26)9-8-33-36(30,31)32;;;/h2-7,10H,8-9H2,1H3,(H4,19,20,21,23,24,27,28,29,30,31,32);;;/q;+2;2*+1/p-4. The van der Waals surface area contributed by atoms with E-state index in [1.165, 1.54) is 19.1 Å². The van der Waals surface area contributed by atoms with Crippen LogP contribution in [0, 0.1) is 6.92 Å². The minimum Gasteiger partial charge on any atom is -0.871 e. The van der Waals surface area contributed by atoms with Crippen molar-refractivity contribution in [3.63, 3.8) is 0 Å². The molecule has 39 heavy (non-hydrogen) atoms. The maximum absolute atomic E-state index is 12.7. The van der Waals surface area contributed by atoms with Gasteiger partial charge in [0.25, 0.3) is 5.56 Å². The fourth-order valence-corrected chi connectivity index (χ4v) is 4.75. The average molecular weight is 700 g/mol. The van der Waals surface area contributed by atoms with E-state index in [0.29, 0.717) is 0 Å². The van der Waals surface area contributed by atoms with Crippen LogP contribution in [-0.4, -0.2) is 51.4 Å². The molecule has 0 amide bonds. The monoisotopic (exact) mass is 699 g/mol. The van der Waals surface area contributed by atoms with Gasteiger partial charge < -0.3 is 24.0 Å². The van der Waals surface area contributed by atoms with Crippen molar-refractivity contribution in [2.75, 3.05) is 12.4 Å². The molecule has 0 aliphatic heterocycles. The second-order valence-electron chi connectivity index (χ2n) is 6.98. The van der Waals surface area contributed by atoms with Gasteiger partial charge in [0.1, 0.15) is 15.8 Å². The molecule has 1 aromatic heterocycles. The molecule has 1 heterocycles. The first kappa shape index (κ1) is 39.4. The molecule has 0 spiro atoms. The molecule has 1 radical (unpaired) electrons. The third-order valence-electron chi connectivity index (χ3n) is 4.48. The third-order valence-corrected chi connectivity index (χ3v) is 7.47. The van der Waals surface area contributed by atoms with E-state index in [1.807, 2.05) is 0 Å². The van der Waals surface area contributed by atoms with Crippen molar-refractivity contribution >= 4 is 41.7 Å². The first-order valence-corrected chi connectivity index (χ1v) is 13.9. The number of hydrogen-bond donors (Lipinski definition) is 0. The van der Waals surface area contributed by atoms with E-state index in [4.69, 9.17) is 0 Å². The molecular weight excluding hydrogens is 686 g/mol. The summed E-state index contributed by atoms with van der Waals surface area (Å²) < 4.78 is 94.0. The van der Waals surface area contributed by atoms with Crippen molar-refractivity contribution in [1.29, 1.82) is 0 Å². The molecule has 21 heteroatoms. The van der Waals surface area contributed by atoms with Crippen LogP contribution in [0.2, 0.25) is 0 Å². The van der Waals surface area contributed by atoms with Crippen LogP contribution in [0.25, 0.3) is 5.69 Å². The summed E-state index contributed by atoms with van der Waals surface area (Å²) in [7, 11) is -14.0. The molecule has 0 fully saturated rings. The van der Waals surface area contributed by atoms with Crippen LogP contribution in [-0.2, 0) is 51.6 Å². The zero-order valence-electron chi connectivity index (χ0n) is 20.3. The van der Waals surface area contributed by atoms with Crippen molar-refractivity contribution < 1.29 is 163 Å². The summed E-state index contributed by atoms with van der Waals surface area (Å²) in [6.45, 7) is 0.454. The Morgan fingerprint density at radius 3 is 2.03 bits per heavy atom. The number of aromatic nitrogens is 2. The van der Waals surface area contributed by atoms with E-state index in [2.05, 4.69) is 19.5 Å². The maximum atomic E-state index is 12.7. The molecule has 0 N–H and O–H groups in total. The molecule has 0 aliphatic carbocycles. The number of nitrogens with zero attached hydrogens (tertiary/aromatic N) is 4. The van der Waals surface area contributed by atoms with Crippen molar-refractivity contribution in [1.82, 2.24) is 9.78 Å². The zero-order chi connectivity index (χ0) is 26.9. The number of benzene rings is 2. The molecule has 2 aromatic carbocycles. The Hall–Kier alpha value is 0.372. The Bertz CT molecular complexity index is 1720. The van der Waals surface area contributed by atoms with Crippen LogP contribution in [0.15, 0.2) is 67.3 Å². The predicted molar refractivity (Wildman–Crippen MR) is 116 cm³/mol. The fraction of sp³-hybridized carbons (Fsp3) is 0.167. The van der Waals surface area contributed by atoms with Crippen LogP contribution in [0.3, 0.4) is 0 Å². The van der Waals surface area contributed by atoms with Crippen molar-refractivity contribution in [2.24, 2.45) is 10.2 Å². The van der Waals surface area contributed by atoms with Crippen molar-refractivity contribution in [3.05, 3.63) is 58.5 Å². The number of aryl methyl sites for hydroxylation is 1. The van der Waals surface area contributed by atoms with Crippen molar-refractivity contribution in [2.45, 2.75) is 16.7 Å². The summed E-state index contributed by atoms with van der Waals surface area (Å²) >= 11 is 0. The average Bonchev–Trinajstić information content (AvgIpc) is 3.05. The summed E-state index contributed by atoms with van der Waals surface area (Å²) in [5.74, 6) is -1.63. The second kappa shape index (κ2) is 15.7. The Kier molecular flexibility index (Phi) is 15.9. The van der Waals surface area contributed by atoms with Gasteiger partial charge in [0.2, 0.25) is 10.4 Å². The number of hydrogen-bond acceptors (Lipinski definition) is 13. The van der Waals surface area contributed by atoms with Crippen LogP contribution in [0.1, 0.15) is 5.69 Å². The molecular formula is C18H14CuK2N4O11S3. The van der Waals surface area contributed by atoms with Gasteiger partial charge in [0, 0.05) is 5.69 Å². The Labute approximate surface area is 318 Å². The van der Waals surface area contributed by atoms with Gasteiger partial charge in [-0.3, -0.25) is 8.98 Å². The van der Waals surface area contributed by atoms with Crippen LogP contribution >= 0.6 is 0 Å². The SMILES string of the molecule is Cc1[n-]n(-c2ccc(S(=O)(=O)[O-])cc2)c(=O)c1N=Nc1cc(S(=O)(=O)CCOS(=O)(=O)[O-])ccc1[O-].[Cu+2].[K+].[K+]. The minimum atomic E-state index is -5.09. The molecule has 3 rings (SSSR count). The van der Waals surface area contributed by atoms with Gasteiger partial charge in [-0.25, -0.2) is 25.3 Å². The molecule has 0 saturated carbocycles. The Balaban J connectivity index is 0.00000481. The summed E-state index contributed by atoms with van der Waals surface area (Å²) in [5, 5.41) is 23.4. The largest absolute Gasteiger partial charge is 2.00 e. The topological polar surface area (TPSA) is 242 Å². The van der Waals surface area contributed by atoms with E-state index in [-0.39, 0.29) is 137 Å². The van der Waals surface area contributed by atoms with E-state index < -0.39 is 69.5 Å². The summed E-state index contributed by atoms with van der Waals surface area (Å²) in [4.78, 5) is 11.8. The maximum Gasteiger partial charge on any atom is 2.00 e.